The van der Waals surface area contributed by atoms with Crippen LogP contribution in [0, 0.1) is 5.92 Å². The lowest BCUT2D eigenvalue weighted by atomic mass is 10.0. The third-order valence-corrected chi connectivity index (χ3v) is 4.14. The van der Waals surface area contributed by atoms with E-state index in [2.05, 4.69) is 41.5 Å². The third-order valence-electron chi connectivity index (χ3n) is 4.14. The Morgan fingerprint density at radius 3 is 3.00 bits per heavy atom. The van der Waals surface area contributed by atoms with Gasteiger partial charge in [-0.05, 0) is 37.4 Å². The van der Waals surface area contributed by atoms with Crippen LogP contribution in [0.2, 0.25) is 0 Å². The lowest BCUT2D eigenvalue weighted by Crippen LogP contribution is -2.29. The molecule has 1 atom stereocenters. The zero-order valence-electron chi connectivity index (χ0n) is 11.8. The lowest BCUT2D eigenvalue weighted by molar-refractivity contribution is 0.102. The van der Waals surface area contributed by atoms with Crippen LogP contribution in [-0.2, 0) is 4.74 Å². The predicted molar refractivity (Wildman–Crippen MR) is 78.7 cm³/mol. The van der Waals surface area contributed by atoms with Crippen LogP contribution >= 0.6 is 0 Å². The van der Waals surface area contributed by atoms with E-state index in [0.717, 1.165) is 38.8 Å². The summed E-state index contributed by atoms with van der Waals surface area (Å²) in [5.74, 6) is 1.49. The van der Waals surface area contributed by atoms with E-state index >= 15 is 0 Å². The van der Waals surface area contributed by atoms with Crippen LogP contribution in [0.4, 0.5) is 5.69 Å². The summed E-state index contributed by atoms with van der Waals surface area (Å²) in [6, 6.07) is 8.66. The first-order valence-electron chi connectivity index (χ1n) is 7.42. The Bertz CT molecular complexity index is 417. The molecule has 1 aliphatic carbocycles. The molecule has 1 N–H and O–H groups in total. The molecule has 0 bridgehead atoms. The zero-order valence-corrected chi connectivity index (χ0v) is 11.8. The normalized spacial score (nSPS) is 21.5. The highest BCUT2D eigenvalue weighted by Gasteiger charge is 2.23. The number of nitrogens with one attached hydrogen (secondary N) is 1. The van der Waals surface area contributed by atoms with Crippen LogP contribution in [0.15, 0.2) is 24.3 Å². The minimum atomic E-state index is 0.615. The summed E-state index contributed by atoms with van der Waals surface area (Å²) < 4.78 is 5.70. The first kappa shape index (κ1) is 12.9. The van der Waals surface area contributed by atoms with Crippen molar-refractivity contribution in [3.63, 3.8) is 0 Å². The maximum atomic E-state index is 5.70. The fourth-order valence-electron chi connectivity index (χ4n) is 2.74. The van der Waals surface area contributed by atoms with Crippen molar-refractivity contribution in [1.82, 2.24) is 4.90 Å². The van der Waals surface area contributed by atoms with Gasteiger partial charge < -0.3 is 15.0 Å². The molecule has 0 aromatic heterocycles. The Hall–Kier alpha value is -1.06. The smallest absolute Gasteiger partial charge is 0.0593 e. The number of ether oxygens (including phenoxy) is 1. The monoisotopic (exact) mass is 260 g/mol. The van der Waals surface area contributed by atoms with Crippen molar-refractivity contribution >= 4 is 5.69 Å². The van der Waals surface area contributed by atoms with Crippen LogP contribution in [0.3, 0.4) is 0 Å². The number of anilines is 1. The number of rotatable bonds is 7. The number of fused-ring (bicyclic) bond motifs is 1. The van der Waals surface area contributed by atoms with Crippen molar-refractivity contribution in [2.75, 3.05) is 45.2 Å². The van der Waals surface area contributed by atoms with E-state index in [0.29, 0.717) is 5.92 Å². The quantitative estimate of drug-likeness (QED) is 0.763. The van der Waals surface area contributed by atoms with E-state index in [-0.39, 0.29) is 0 Å². The van der Waals surface area contributed by atoms with Gasteiger partial charge >= 0.3 is 0 Å². The SMILES string of the molecule is CN(CCOCC1CC1)CC1CNc2ccccc21. The van der Waals surface area contributed by atoms with Crippen molar-refractivity contribution in [1.29, 1.82) is 0 Å². The van der Waals surface area contributed by atoms with E-state index in [4.69, 9.17) is 4.74 Å². The van der Waals surface area contributed by atoms with Crippen molar-refractivity contribution in [2.24, 2.45) is 5.92 Å². The van der Waals surface area contributed by atoms with E-state index in [1.54, 1.807) is 0 Å². The van der Waals surface area contributed by atoms with Gasteiger partial charge in [0.2, 0.25) is 0 Å². The summed E-state index contributed by atoms with van der Waals surface area (Å²) in [6.07, 6.45) is 2.75. The van der Waals surface area contributed by atoms with Crippen LogP contribution < -0.4 is 5.32 Å². The van der Waals surface area contributed by atoms with Crippen molar-refractivity contribution in [3.05, 3.63) is 29.8 Å². The summed E-state index contributed by atoms with van der Waals surface area (Å²) in [5.41, 5.74) is 2.78. The number of hydrogen-bond acceptors (Lipinski definition) is 3. The fourth-order valence-corrected chi connectivity index (χ4v) is 2.74. The number of hydrogen-bond donors (Lipinski definition) is 1. The Balaban J connectivity index is 1.41. The van der Waals surface area contributed by atoms with Gasteiger partial charge in [0.25, 0.3) is 0 Å². The lowest BCUT2D eigenvalue weighted by Gasteiger charge is -2.21. The molecule has 1 fully saturated rings. The van der Waals surface area contributed by atoms with Gasteiger partial charge in [0, 0.05) is 37.8 Å². The third kappa shape index (κ3) is 3.48. The second-order valence-corrected chi connectivity index (χ2v) is 5.95. The Morgan fingerprint density at radius 1 is 1.32 bits per heavy atom. The minimum Gasteiger partial charge on any atom is -0.384 e. The van der Waals surface area contributed by atoms with Gasteiger partial charge in [-0.15, -0.1) is 0 Å². The first-order chi connectivity index (χ1) is 9.33. The van der Waals surface area contributed by atoms with Gasteiger partial charge in [0.15, 0.2) is 0 Å². The summed E-state index contributed by atoms with van der Waals surface area (Å²) in [6.45, 7) is 5.05. The zero-order chi connectivity index (χ0) is 13.1. The molecule has 3 nitrogen and oxygen atoms in total. The Labute approximate surface area is 115 Å². The topological polar surface area (TPSA) is 24.5 Å². The van der Waals surface area contributed by atoms with E-state index < -0.39 is 0 Å². The van der Waals surface area contributed by atoms with Crippen molar-refractivity contribution in [3.8, 4) is 0 Å². The molecule has 1 heterocycles. The molecule has 0 saturated heterocycles. The number of likely N-dealkylation sites (N-methyl/N-ethyl adjacent to an activating group) is 1. The van der Waals surface area contributed by atoms with E-state index in [1.807, 2.05) is 0 Å². The number of para-hydroxylation sites is 1. The van der Waals surface area contributed by atoms with Gasteiger partial charge in [-0.25, -0.2) is 0 Å². The van der Waals surface area contributed by atoms with Crippen LogP contribution in [0.25, 0.3) is 0 Å². The second kappa shape index (κ2) is 5.93. The standard InChI is InChI=1S/C16H24N2O/c1-18(8-9-19-12-13-6-7-13)11-14-10-17-16-5-3-2-4-15(14)16/h2-5,13-14,17H,6-12H2,1H3. The average Bonchev–Trinajstić information content (AvgIpc) is 3.17. The molecular formula is C16H24N2O. The molecule has 104 valence electrons. The number of nitrogens with zero attached hydrogens (tertiary/aromatic N) is 1. The summed E-state index contributed by atoms with van der Waals surface area (Å²) in [7, 11) is 2.20. The highest BCUT2D eigenvalue weighted by atomic mass is 16.5. The molecule has 1 unspecified atom stereocenters. The molecule has 0 radical (unpaired) electrons. The van der Waals surface area contributed by atoms with Gasteiger partial charge in [0.1, 0.15) is 0 Å². The minimum absolute atomic E-state index is 0.615. The number of benzene rings is 1. The van der Waals surface area contributed by atoms with Crippen molar-refractivity contribution in [2.45, 2.75) is 18.8 Å². The molecule has 19 heavy (non-hydrogen) atoms. The highest BCUT2D eigenvalue weighted by molar-refractivity contribution is 5.57. The average molecular weight is 260 g/mol. The van der Waals surface area contributed by atoms with Gasteiger partial charge in [-0.2, -0.15) is 0 Å². The van der Waals surface area contributed by atoms with Crippen LogP contribution in [-0.4, -0.2) is 44.8 Å². The predicted octanol–water partition coefficient (Wildman–Crippen LogP) is 2.55. The summed E-state index contributed by atoms with van der Waals surface area (Å²) in [5, 5.41) is 3.49. The van der Waals surface area contributed by atoms with Gasteiger partial charge in [-0.3, -0.25) is 0 Å². The van der Waals surface area contributed by atoms with Gasteiger partial charge in [0.05, 0.1) is 6.61 Å². The maximum Gasteiger partial charge on any atom is 0.0593 e. The first-order valence-corrected chi connectivity index (χ1v) is 7.42. The van der Waals surface area contributed by atoms with Crippen LogP contribution in [0.5, 0.6) is 0 Å². The Kier molecular flexibility index (Phi) is 4.04. The fraction of sp³-hybridized carbons (Fsp3) is 0.625. The Morgan fingerprint density at radius 2 is 2.16 bits per heavy atom. The maximum absolute atomic E-state index is 5.70. The van der Waals surface area contributed by atoms with E-state index in [9.17, 15) is 0 Å². The molecule has 3 heteroatoms. The molecule has 1 aromatic carbocycles. The molecule has 0 spiro atoms. The molecular weight excluding hydrogens is 236 g/mol. The largest absolute Gasteiger partial charge is 0.384 e. The van der Waals surface area contributed by atoms with E-state index in [1.165, 1.54) is 24.1 Å². The highest BCUT2D eigenvalue weighted by Crippen LogP contribution is 2.31. The summed E-state index contributed by atoms with van der Waals surface area (Å²) in [4.78, 5) is 2.39. The molecule has 3 rings (SSSR count). The summed E-state index contributed by atoms with van der Waals surface area (Å²) >= 11 is 0. The molecule has 2 aliphatic rings. The van der Waals surface area contributed by atoms with Crippen molar-refractivity contribution < 1.29 is 4.74 Å². The molecule has 1 aromatic rings. The molecule has 1 saturated carbocycles. The molecule has 0 amide bonds. The van der Waals surface area contributed by atoms with Gasteiger partial charge in [-0.1, -0.05) is 18.2 Å². The van der Waals surface area contributed by atoms with Crippen LogP contribution in [0.1, 0.15) is 24.3 Å². The molecule has 1 aliphatic heterocycles. The second-order valence-electron chi connectivity index (χ2n) is 5.95.